The fourth-order valence-electron chi connectivity index (χ4n) is 1.96. The van der Waals surface area contributed by atoms with E-state index in [2.05, 4.69) is 15.1 Å². The molecule has 0 saturated carbocycles. The molecule has 0 fully saturated rings. The lowest BCUT2D eigenvalue weighted by atomic mass is 9.99. The highest BCUT2D eigenvalue weighted by atomic mass is 35.5. The minimum absolute atomic E-state index is 0. The van der Waals surface area contributed by atoms with Crippen molar-refractivity contribution in [2.75, 3.05) is 7.05 Å². The molecule has 0 aliphatic rings. The molecule has 0 bridgehead atoms. The number of hydrogen-bond acceptors (Lipinski definition) is 6. The molecule has 2 aromatic heterocycles. The Kier molecular flexibility index (Phi) is 7.12. The molecule has 1 amide bonds. The molecule has 0 saturated heterocycles. The van der Waals surface area contributed by atoms with E-state index < -0.39 is 6.04 Å². The molecule has 0 spiro atoms. The molecule has 2 aromatic rings. The number of likely N-dealkylation sites (N-methyl/N-ethyl adjacent to an activating group) is 1. The van der Waals surface area contributed by atoms with E-state index in [9.17, 15) is 4.79 Å². The summed E-state index contributed by atoms with van der Waals surface area (Å²) in [5.74, 6) is 0.820. The number of amides is 1. The number of rotatable bonds is 6. The van der Waals surface area contributed by atoms with Crippen LogP contribution in [0.5, 0.6) is 0 Å². The van der Waals surface area contributed by atoms with Gasteiger partial charge in [0.15, 0.2) is 0 Å². The largest absolute Gasteiger partial charge is 0.337 e. The Morgan fingerprint density at radius 2 is 2.22 bits per heavy atom. The number of carbonyl (C=O) groups excluding carboxylic acids is 1. The number of nitrogens with zero attached hydrogens (tertiary/aromatic N) is 4. The molecule has 0 radical (unpaired) electrons. The second-order valence-corrected chi connectivity index (χ2v) is 5.36. The Labute approximate surface area is 141 Å². The fourth-order valence-corrected chi connectivity index (χ4v) is 1.96. The standard InChI is InChI=1S/C15H21N5O2.ClH/c1-4-10(2)13(16)15(21)20(3)9-12-18-14(19-22-12)11-6-5-7-17-8-11;/h5-8,10,13H,4,9,16H2,1-3H3;1H. The van der Waals surface area contributed by atoms with Gasteiger partial charge in [0, 0.05) is 25.0 Å². The summed E-state index contributed by atoms with van der Waals surface area (Å²) < 4.78 is 5.18. The van der Waals surface area contributed by atoms with E-state index in [1.807, 2.05) is 19.9 Å². The summed E-state index contributed by atoms with van der Waals surface area (Å²) in [6.07, 6.45) is 4.18. The molecular formula is C15H22ClN5O2. The molecule has 0 aliphatic heterocycles. The van der Waals surface area contributed by atoms with Crippen molar-refractivity contribution in [2.45, 2.75) is 32.9 Å². The Bertz CT molecular complexity index is 619. The third-order valence-electron chi connectivity index (χ3n) is 3.68. The molecule has 0 aliphatic carbocycles. The first-order chi connectivity index (χ1) is 10.5. The maximum Gasteiger partial charge on any atom is 0.246 e. The molecule has 8 heteroatoms. The Hall–Kier alpha value is -1.99. The maximum atomic E-state index is 12.2. The number of aromatic nitrogens is 3. The summed E-state index contributed by atoms with van der Waals surface area (Å²) >= 11 is 0. The predicted molar refractivity (Wildman–Crippen MR) is 88.7 cm³/mol. The summed E-state index contributed by atoms with van der Waals surface area (Å²) in [6, 6.07) is 3.12. The van der Waals surface area contributed by atoms with Gasteiger partial charge in [-0.15, -0.1) is 12.4 Å². The Morgan fingerprint density at radius 3 is 2.83 bits per heavy atom. The normalized spacial score (nSPS) is 13.0. The molecule has 2 atom stereocenters. The summed E-state index contributed by atoms with van der Waals surface area (Å²) in [5.41, 5.74) is 6.72. The second-order valence-electron chi connectivity index (χ2n) is 5.36. The van der Waals surface area contributed by atoms with Crippen molar-refractivity contribution in [3.8, 4) is 11.4 Å². The maximum absolute atomic E-state index is 12.2. The average molecular weight is 340 g/mol. The van der Waals surface area contributed by atoms with Crippen molar-refractivity contribution in [3.63, 3.8) is 0 Å². The van der Waals surface area contributed by atoms with Crippen LogP contribution in [0.25, 0.3) is 11.4 Å². The number of pyridine rings is 1. The van der Waals surface area contributed by atoms with Crippen LogP contribution in [-0.2, 0) is 11.3 Å². The molecule has 2 N–H and O–H groups in total. The van der Waals surface area contributed by atoms with Gasteiger partial charge in [0.2, 0.25) is 17.6 Å². The summed E-state index contributed by atoms with van der Waals surface area (Å²) in [4.78, 5) is 22.0. The number of halogens is 1. The van der Waals surface area contributed by atoms with E-state index in [4.69, 9.17) is 10.3 Å². The van der Waals surface area contributed by atoms with Crippen molar-refractivity contribution in [1.82, 2.24) is 20.0 Å². The molecule has 7 nitrogen and oxygen atoms in total. The van der Waals surface area contributed by atoms with Crippen molar-refractivity contribution in [2.24, 2.45) is 11.7 Å². The molecule has 0 aromatic carbocycles. The average Bonchev–Trinajstić information content (AvgIpc) is 3.01. The van der Waals surface area contributed by atoms with Gasteiger partial charge in [0.05, 0.1) is 12.6 Å². The van der Waals surface area contributed by atoms with Crippen LogP contribution in [0.1, 0.15) is 26.2 Å². The first-order valence-corrected chi connectivity index (χ1v) is 7.26. The summed E-state index contributed by atoms with van der Waals surface area (Å²) in [6.45, 7) is 4.20. The highest BCUT2D eigenvalue weighted by Crippen LogP contribution is 2.15. The molecular weight excluding hydrogens is 318 g/mol. The van der Waals surface area contributed by atoms with E-state index in [-0.39, 0.29) is 30.8 Å². The van der Waals surface area contributed by atoms with Crippen LogP contribution in [0.3, 0.4) is 0 Å². The SMILES string of the molecule is CCC(C)C(N)C(=O)N(C)Cc1nc(-c2cccnc2)no1.Cl. The fraction of sp³-hybridized carbons (Fsp3) is 0.467. The highest BCUT2D eigenvalue weighted by Gasteiger charge is 2.24. The molecule has 2 unspecified atom stereocenters. The van der Waals surface area contributed by atoms with Crippen LogP contribution in [0, 0.1) is 5.92 Å². The third-order valence-corrected chi connectivity index (χ3v) is 3.68. The van der Waals surface area contributed by atoms with Gasteiger partial charge < -0.3 is 15.2 Å². The van der Waals surface area contributed by atoms with Crippen LogP contribution >= 0.6 is 12.4 Å². The highest BCUT2D eigenvalue weighted by molar-refractivity contribution is 5.85. The van der Waals surface area contributed by atoms with Crippen LogP contribution in [-0.4, -0.2) is 39.0 Å². The van der Waals surface area contributed by atoms with Crippen LogP contribution < -0.4 is 5.73 Å². The van der Waals surface area contributed by atoms with Crippen molar-refractivity contribution < 1.29 is 9.32 Å². The van der Waals surface area contributed by atoms with E-state index >= 15 is 0 Å². The minimum atomic E-state index is -0.518. The van der Waals surface area contributed by atoms with Gasteiger partial charge >= 0.3 is 0 Å². The third kappa shape index (κ3) is 4.74. The molecule has 126 valence electrons. The zero-order valence-electron chi connectivity index (χ0n) is 13.5. The van der Waals surface area contributed by atoms with Crippen LogP contribution in [0.15, 0.2) is 29.0 Å². The number of carbonyl (C=O) groups is 1. The Balaban J connectivity index is 0.00000264. The Morgan fingerprint density at radius 1 is 1.48 bits per heavy atom. The van der Waals surface area contributed by atoms with Gasteiger partial charge in [-0.2, -0.15) is 4.98 Å². The zero-order valence-corrected chi connectivity index (χ0v) is 14.3. The number of hydrogen-bond donors (Lipinski definition) is 1. The van der Waals surface area contributed by atoms with E-state index in [1.165, 1.54) is 4.90 Å². The zero-order chi connectivity index (χ0) is 16.1. The minimum Gasteiger partial charge on any atom is -0.337 e. The summed E-state index contributed by atoms with van der Waals surface area (Å²) in [7, 11) is 1.68. The van der Waals surface area contributed by atoms with Crippen molar-refractivity contribution in [3.05, 3.63) is 30.4 Å². The van der Waals surface area contributed by atoms with Crippen molar-refractivity contribution in [1.29, 1.82) is 0 Å². The first-order valence-electron chi connectivity index (χ1n) is 7.26. The lowest BCUT2D eigenvalue weighted by molar-refractivity contribution is -0.133. The second kappa shape index (κ2) is 8.59. The van der Waals surface area contributed by atoms with Gasteiger partial charge in [0.25, 0.3) is 0 Å². The van der Waals surface area contributed by atoms with Gasteiger partial charge in [-0.05, 0) is 18.1 Å². The molecule has 2 rings (SSSR count). The van der Waals surface area contributed by atoms with Crippen LogP contribution in [0.4, 0.5) is 0 Å². The smallest absolute Gasteiger partial charge is 0.246 e. The number of nitrogens with two attached hydrogens (primary N) is 1. The van der Waals surface area contributed by atoms with Crippen LogP contribution in [0.2, 0.25) is 0 Å². The first kappa shape index (κ1) is 19.1. The monoisotopic (exact) mass is 339 g/mol. The van der Waals surface area contributed by atoms with Gasteiger partial charge in [-0.3, -0.25) is 9.78 Å². The quantitative estimate of drug-likeness (QED) is 0.862. The van der Waals surface area contributed by atoms with E-state index in [0.717, 1.165) is 12.0 Å². The topological polar surface area (TPSA) is 98.1 Å². The van der Waals surface area contributed by atoms with E-state index in [1.54, 1.807) is 25.5 Å². The van der Waals surface area contributed by atoms with Gasteiger partial charge in [-0.1, -0.05) is 25.4 Å². The predicted octanol–water partition coefficient (Wildman–Crippen LogP) is 1.89. The summed E-state index contributed by atoms with van der Waals surface area (Å²) in [5, 5.41) is 3.90. The lowest BCUT2D eigenvalue weighted by Crippen LogP contribution is -2.45. The van der Waals surface area contributed by atoms with Gasteiger partial charge in [-0.25, -0.2) is 0 Å². The van der Waals surface area contributed by atoms with E-state index in [0.29, 0.717) is 11.7 Å². The molecule has 2 heterocycles. The lowest BCUT2D eigenvalue weighted by Gasteiger charge is -2.23. The van der Waals surface area contributed by atoms with Crippen molar-refractivity contribution >= 4 is 18.3 Å². The van der Waals surface area contributed by atoms with Gasteiger partial charge in [0.1, 0.15) is 0 Å². The molecule has 23 heavy (non-hydrogen) atoms.